The molecule has 0 aliphatic heterocycles. The fourth-order valence-corrected chi connectivity index (χ4v) is 1.80. The summed E-state index contributed by atoms with van der Waals surface area (Å²) in [6.45, 7) is 0. The topological polar surface area (TPSA) is 86.6 Å². The Morgan fingerprint density at radius 1 is 1.14 bits per heavy atom. The molecule has 0 unspecified atom stereocenters. The molecular weight excluding hydrogens is 301 g/mol. The third-order valence-electron chi connectivity index (χ3n) is 2.66. The van der Waals surface area contributed by atoms with Crippen molar-refractivity contribution in [3.63, 3.8) is 0 Å². The molecule has 0 aliphatic rings. The predicted octanol–water partition coefficient (Wildman–Crippen LogP) is 3.14. The third-order valence-corrected chi connectivity index (χ3v) is 2.99. The number of aromatic carboxylic acids is 1. The normalized spacial score (nSPS) is 10.2. The number of hydrogen-bond donors (Lipinski definition) is 3. The summed E-state index contributed by atoms with van der Waals surface area (Å²) in [7, 11) is 0. The van der Waals surface area contributed by atoms with Crippen molar-refractivity contribution in [1.29, 1.82) is 0 Å². The Bertz CT molecular complexity index is 733. The molecule has 21 heavy (non-hydrogen) atoms. The van der Waals surface area contributed by atoms with E-state index in [9.17, 15) is 19.1 Å². The van der Waals surface area contributed by atoms with Crippen molar-refractivity contribution in [3.05, 3.63) is 58.4 Å². The molecule has 7 heteroatoms. The number of carboxylic acids is 1. The lowest BCUT2D eigenvalue weighted by Crippen LogP contribution is -2.13. The zero-order valence-electron chi connectivity index (χ0n) is 10.4. The average Bonchev–Trinajstić information content (AvgIpc) is 2.43. The molecule has 2 rings (SSSR count). The summed E-state index contributed by atoms with van der Waals surface area (Å²) in [6, 6.07) is 6.66. The molecule has 2 aromatic rings. The van der Waals surface area contributed by atoms with E-state index in [2.05, 4.69) is 5.32 Å². The second-order valence-corrected chi connectivity index (χ2v) is 4.52. The summed E-state index contributed by atoms with van der Waals surface area (Å²) in [5, 5.41) is 20.9. The number of nitrogens with one attached hydrogen (secondary N) is 1. The van der Waals surface area contributed by atoms with E-state index in [0.717, 1.165) is 18.2 Å². The first-order valence-electron chi connectivity index (χ1n) is 5.71. The highest BCUT2D eigenvalue weighted by molar-refractivity contribution is 6.34. The van der Waals surface area contributed by atoms with Crippen LogP contribution in [0.1, 0.15) is 20.7 Å². The molecule has 0 aliphatic carbocycles. The van der Waals surface area contributed by atoms with Gasteiger partial charge in [-0.2, -0.15) is 0 Å². The van der Waals surface area contributed by atoms with E-state index in [1.807, 2.05) is 0 Å². The van der Waals surface area contributed by atoms with E-state index in [4.69, 9.17) is 16.7 Å². The van der Waals surface area contributed by atoms with Crippen molar-refractivity contribution >= 4 is 29.2 Å². The number of aromatic hydroxyl groups is 1. The molecule has 5 nitrogen and oxygen atoms in total. The van der Waals surface area contributed by atoms with Gasteiger partial charge in [-0.05, 0) is 36.4 Å². The number of anilines is 1. The summed E-state index contributed by atoms with van der Waals surface area (Å²) in [5.41, 5.74) is -0.310. The molecule has 0 heterocycles. The molecule has 0 saturated carbocycles. The molecule has 0 atom stereocenters. The SMILES string of the molecule is O=C(O)c1ccc(Cl)c(NC(=O)c2cc(F)ccc2O)c1. The Morgan fingerprint density at radius 3 is 2.52 bits per heavy atom. The zero-order chi connectivity index (χ0) is 15.6. The van der Waals surface area contributed by atoms with E-state index in [0.29, 0.717) is 0 Å². The second-order valence-electron chi connectivity index (χ2n) is 4.12. The van der Waals surface area contributed by atoms with E-state index < -0.39 is 23.4 Å². The second kappa shape index (κ2) is 5.80. The van der Waals surface area contributed by atoms with Gasteiger partial charge in [0.25, 0.3) is 5.91 Å². The summed E-state index contributed by atoms with van der Waals surface area (Å²) in [6.07, 6.45) is 0. The van der Waals surface area contributed by atoms with Gasteiger partial charge < -0.3 is 15.5 Å². The number of phenolic OH excluding ortho intramolecular Hbond substituents is 1. The Labute approximate surface area is 123 Å². The van der Waals surface area contributed by atoms with Gasteiger partial charge in [0.15, 0.2) is 0 Å². The highest BCUT2D eigenvalue weighted by Crippen LogP contribution is 2.25. The van der Waals surface area contributed by atoms with E-state index in [-0.39, 0.29) is 21.8 Å². The molecular formula is C14H9ClFNO4. The summed E-state index contributed by atoms with van der Waals surface area (Å²) >= 11 is 5.86. The minimum Gasteiger partial charge on any atom is -0.507 e. The first kappa shape index (κ1) is 14.8. The highest BCUT2D eigenvalue weighted by Gasteiger charge is 2.15. The molecule has 1 amide bonds. The van der Waals surface area contributed by atoms with Gasteiger partial charge in [-0.25, -0.2) is 9.18 Å². The molecule has 0 aromatic heterocycles. The van der Waals surface area contributed by atoms with Crippen LogP contribution in [-0.4, -0.2) is 22.1 Å². The molecule has 3 N–H and O–H groups in total. The van der Waals surface area contributed by atoms with Gasteiger partial charge in [-0.15, -0.1) is 0 Å². The highest BCUT2D eigenvalue weighted by atomic mass is 35.5. The maximum Gasteiger partial charge on any atom is 0.335 e. The number of hydrogen-bond acceptors (Lipinski definition) is 3. The summed E-state index contributed by atoms with van der Waals surface area (Å²) in [5.74, 6) is -3.09. The number of carbonyl (C=O) groups excluding carboxylic acids is 1. The predicted molar refractivity (Wildman–Crippen MR) is 74.4 cm³/mol. The maximum absolute atomic E-state index is 13.1. The summed E-state index contributed by atoms with van der Waals surface area (Å²) < 4.78 is 13.1. The van der Waals surface area contributed by atoms with Gasteiger partial charge in [0, 0.05) is 0 Å². The zero-order valence-corrected chi connectivity index (χ0v) is 11.2. The van der Waals surface area contributed by atoms with Gasteiger partial charge in [-0.3, -0.25) is 4.79 Å². The van der Waals surface area contributed by atoms with Crippen molar-refractivity contribution < 1.29 is 24.2 Å². The number of carbonyl (C=O) groups is 2. The van der Waals surface area contributed by atoms with Gasteiger partial charge in [-0.1, -0.05) is 11.6 Å². The van der Waals surface area contributed by atoms with Crippen LogP contribution in [0.3, 0.4) is 0 Å². The number of rotatable bonds is 3. The number of carboxylic acid groups (broad SMARTS) is 1. The number of amides is 1. The van der Waals surface area contributed by atoms with Crippen LogP contribution in [0.5, 0.6) is 5.75 Å². The largest absolute Gasteiger partial charge is 0.507 e. The molecule has 0 spiro atoms. The number of benzene rings is 2. The maximum atomic E-state index is 13.1. The Morgan fingerprint density at radius 2 is 1.86 bits per heavy atom. The monoisotopic (exact) mass is 309 g/mol. The smallest absolute Gasteiger partial charge is 0.335 e. The summed E-state index contributed by atoms with van der Waals surface area (Å²) in [4.78, 5) is 22.9. The standard InChI is InChI=1S/C14H9ClFNO4/c15-10-3-1-7(14(20)21)5-11(10)17-13(19)9-6-8(16)2-4-12(9)18/h1-6,18H,(H,17,19)(H,20,21). The fraction of sp³-hybridized carbons (Fsp3) is 0. The van der Waals surface area contributed by atoms with Gasteiger partial charge >= 0.3 is 5.97 Å². The van der Waals surface area contributed by atoms with Crippen LogP contribution >= 0.6 is 11.6 Å². The van der Waals surface area contributed by atoms with E-state index >= 15 is 0 Å². The van der Waals surface area contributed by atoms with Crippen molar-refractivity contribution in [2.75, 3.05) is 5.32 Å². The van der Waals surface area contributed by atoms with Crippen LogP contribution in [-0.2, 0) is 0 Å². The molecule has 0 fully saturated rings. The van der Waals surface area contributed by atoms with E-state index in [1.54, 1.807) is 0 Å². The van der Waals surface area contributed by atoms with Crippen LogP contribution < -0.4 is 5.32 Å². The van der Waals surface area contributed by atoms with Crippen molar-refractivity contribution in [1.82, 2.24) is 0 Å². The first-order chi connectivity index (χ1) is 9.88. The van der Waals surface area contributed by atoms with Crippen molar-refractivity contribution in [2.24, 2.45) is 0 Å². The first-order valence-corrected chi connectivity index (χ1v) is 6.09. The van der Waals surface area contributed by atoms with Crippen LogP contribution in [0.25, 0.3) is 0 Å². The Hall–Kier alpha value is -2.60. The molecule has 0 radical (unpaired) electrons. The molecule has 0 saturated heterocycles. The van der Waals surface area contributed by atoms with Crippen LogP contribution in [0.2, 0.25) is 5.02 Å². The van der Waals surface area contributed by atoms with Gasteiger partial charge in [0.05, 0.1) is 21.8 Å². The number of phenols is 1. The van der Waals surface area contributed by atoms with Crippen LogP contribution in [0.4, 0.5) is 10.1 Å². The molecule has 0 bridgehead atoms. The minimum absolute atomic E-state index is 0.0465. The minimum atomic E-state index is -1.18. The van der Waals surface area contributed by atoms with Gasteiger partial charge in [0.2, 0.25) is 0 Å². The lowest BCUT2D eigenvalue weighted by Gasteiger charge is -2.09. The third kappa shape index (κ3) is 3.29. The van der Waals surface area contributed by atoms with Crippen molar-refractivity contribution in [3.8, 4) is 5.75 Å². The fourth-order valence-electron chi connectivity index (χ4n) is 1.63. The molecule has 2 aromatic carbocycles. The van der Waals surface area contributed by atoms with Crippen molar-refractivity contribution in [2.45, 2.75) is 0 Å². The Balaban J connectivity index is 2.33. The Kier molecular flexibility index (Phi) is 4.09. The van der Waals surface area contributed by atoms with Crippen LogP contribution in [0, 0.1) is 5.82 Å². The lowest BCUT2D eigenvalue weighted by molar-refractivity contribution is 0.0696. The van der Waals surface area contributed by atoms with Gasteiger partial charge in [0.1, 0.15) is 11.6 Å². The van der Waals surface area contributed by atoms with E-state index in [1.165, 1.54) is 18.2 Å². The lowest BCUT2D eigenvalue weighted by atomic mass is 10.1. The quantitative estimate of drug-likeness (QED) is 0.813. The molecule has 108 valence electrons. The average molecular weight is 310 g/mol. The van der Waals surface area contributed by atoms with Crippen LogP contribution in [0.15, 0.2) is 36.4 Å². The number of halogens is 2.